The largest absolute Gasteiger partial charge is 0.364 e. The summed E-state index contributed by atoms with van der Waals surface area (Å²) in [4.78, 5) is 15.8. The highest BCUT2D eigenvalue weighted by atomic mass is 16.1. The zero-order valence-corrected chi connectivity index (χ0v) is 9.40. The molecule has 1 rings (SSSR count). The summed E-state index contributed by atoms with van der Waals surface area (Å²) >= 11 is 0. The summed E-state index contributed by atoms with van der Waals surface area (Å²) < 4.78 is 1.64. The summed E-state index contributed by atoms with van der Waals surface area (Å²) in [6, 6.07) is 0.134. The number of nitrogens with two attached hydrogens (primary N) is 1. The standard InChI is InChI=1S/C10H18N4O/c1-7(2)14-5-4-12-9(10(14)15)13-6-8(3)11/h4-5,7-8H,6,11H2,1-3H3,(H,12,13). The molecule has 1 aromatic heterocycles. The van der Waals surface area contributed by atoms with E-state index in [0.717, 1.165) is 0 Å². The summed E-state index contributed by atoms with van der Waals surface area (Å²) in [6.45, 7) is 6.33. The Morgan fingerprint density at radius 1 is 1.53 bits per heavy atom. The van der Waals surface area contributed by atoms with Gasteiger partial charge in [0.05, 0.1) is 0 Å². The minimum Gasteiger partial charge on any atom is -0.364 e. The predicted octanol–water partition coefficient (Wildman–Crippen LogP) is 0.583. The lowest BCUT2D eigenvalue weighted by Gasteiger charge is -2.12. The lowest BCUT2D eigenvalue weighted by atomic mass is 10.3. The molecule has 0 bridgehead atoms. The first-order valence-electron chi connectivity index (χ1n) is 5.09. The Kier molecular flexibility index (Phi) is 3.85. The molecule has 1 unspecified atom stereocenters. The van der Waals surface area contributed by atoms with Crippen molar-refractivity contribution in [1.29, 1.82) is 0 Å². The van der Waals surface area contributed by atoms with Gasteiger partial charge in [-0.15, -0.1) is 0 Å². The third-order valence-corrected chi connectivity index (χ3v) is 2.02. The van der Waals surface area contributed by atoms with Crippen LogP contribution in [0.1, 0.15) is 26.8 Å². The highest BCUT2D eigenvalue weighted by Gasteiger charge is 2.06. The van der Waals surface area contributed by atoms with Crippen LogP contribution in [0.5, 0.6) is 0 Å². The number of nitrogens with zero attached hydrogens (tertiary/aromatic N) is 2. The third kappa shape index (κ3) is 3.06. The number of nitrogens with one attached hydrogen (secondary N) is 1. The average Bonchev–Trinajstić information content (AvgIpc) is 2.15. The zero-order chi connectivity index (χ0) is 11.4. The van der Waals surface area contributed by atoms with E-state index in [9.17, 15) is 4.79 Å². The number of rotatable bonds is 4. The monoisotopic (exact) mass is 210 g/mol. The predicted molar refractivity (Wildman–Crippen MR) is 61.0 cm³/mol. The molecule has 0 radical (unpaired) electrons. The van der Waals surface area contributed by atoms with E-state index < -0.39 is 0 Å². The van der Waals surface area contributed by atoms with Gasteiger partial charge in [-0.25, -0.2) is 4.98 Å². The molecular formula is C10H18N4O. The average molecular weight is 210 g/mol. The molecule has 15 heavy (non-hydrogen) atoms. The van der Waals surface area contributed by atoms with Gasteiger partial charge in [0.1, 0.15) is 0 Å². The van der Waals surface area contributed by atoms with E-state index in [1.165, 1.54) is 0 Å². The Labute approximate surface area is 89.3 Å². The summed E-state index contributed by atoms with van der Waals surface area (Å²) in [5, 5.41) is 2.94. The van der Waals surface area contributed by atoms with Crippen molar-refractivity contribution in [3.05, 3.63) is 22.7 Å². The van der Waals surface area contributed by atoms with Crippen LogP contribution in [0, 0.1) is 0 Å². The van der Waals surface area contributed by atoms with Crippen LogP contribution in [0.2, 0.25) is 0 Å². The van der Waals surface area contributed by atoms with E-state index in [2.05, 4.69) is 10.3 Å². The van der Waals surface area contributed by atoms with Crippen LogP contribution in [0.15, 0.2) is 17.2 Å². The van der Waals surface area contributed by atoms with Crippen LogP contribution in [-0.4, -0.2) is 22.1 Å². The highest BCUT2D eigenvalue weighted by molar-refractivity contribution is 5.31. The fraction of sp³-hybridized carbons (Fsp3) is 0.600. The van der Waals surface area contributed by atoms with Gasteiger partial charge >= 0.3 is 0 Å². The molecule has 0 spiro atoms. The molecule has 3 N–H and O–H groups in total. The smallest absolute Gasteiger partial charge is 0.293 e. The van der Waals surface area contributed by atoms with Crippen LogP contribution in [0.3, 0.4) is 0 Å². The van der Waals surface area contributed by atoms with Crippen molar-refractivity contribution >= 4 is 5.82 Å². The third-order valence-electron chi connectivity index (χ3n) is 2.02. The van der Waals surface area contributed by atoms with Crippen molar-refractivity contribution in [1.82, 2.24) is 9.55 Å². The Morgan fingerprint density at radius 2 is 2.20 bits per heavy atom. The van der Waals surface area contributed by atoms with E-state index in [1.807, 2.05) is 20.8 Å². The van der Waals surface area contributed by atoms with Crippen LogP contribution >= 0.6 is 0 Å². The van der Waals surface area contributed by atoms with Crippen molar-refractivity contribution in [3.63, 3.8) is 0 Å². The Bertz CT molecular complexity index is 370. The summed E-state index contributed by atoms with van der Waals surface area (Å²) in [7, 11) is 0. The van der Waals surface area contributed by atoms with Gasteiger partial charge in [0, 0.05) is 31.0 Å². The van der Waals surface area contributed by atoms with Gasteiger partial charge in [0.25, 0.3) is 5.56 Å². The maximum Gasteiger partial charge on any atom is 0.293 e. The van der Waals surface area contributed by atoms with Crippen LogP contribution < -0.4 is 16.6 Å². The summed E-state index contributed by atoms with van der Waals surface area (Å²) in [5.74, 6) is 0.364. The molecular weight excluding hydrogens is 192 g/mol. The lowest BCUT2D eigenvalue weighted by Crippen LogP contribution is -2.31. The van der Waals surface area contributed by atoms with Gasteiger partial charge in [0.15, 0.2) is 5.82 Å². The number of aromatic nitrogens is 2. The van der Waals surface area contributed by atoms with E-state index in [1.54, 1.807) is 17.0 Å². The lowest BCUT2D eigenvalue weighted by molar-refractivity contribution is 0.575. The van der Waals surface area contributed by atoms with E-state index in [4.69, 9.17) is 5.73 Å². The SMILES string of the molecule is CC(N)CNc1nccn(C(C)C)c1=O. The molecule has 1 heterocycles. The van der Waals surface area contributed by atoms with Crippen LogP contribution in [0.4, 0.5) is 5.82 Å². The highest BCUT2D eigenvalue weighted by Crippen LogP contribution is 2.01. The van der Waals surface area contributed by atoms with Crippen molar-refractivity contribution in [3.8, 4) is 0 Å². The van der Waals surface area contributed by atoms with Crippen molar-refractivity contribution < 1.29 is 0 Å². The van der Waals surface area contributed by atoms with Gasteiger partial charge in [-0.2, -0.15) is 0 Å². The van der Waals surface area contributed by atoms with Crippen molar-refractivity contribution in [2.45, 2.75) is 32.9 Å². The molecule has 0 amide bonds. The number of anilines is 1. The van der Waals surface area contributed by atoms with E-state index in [0.29, 0.717) is 12.4 Å². The van der Waals surface area contributed by atoms with E-state index in [-0.39, 0.29) is 17.6 Å². The van der Waals surface area contributed by atoms with Gasteiger partial charge in [0.2, 0.25) is 0 Å². The molecule has 0 saturated carbocycles. The van der Waals surface area contributed by atoms with Gasteiger partial charge < -0.3 is 15.6 Å². The normalized spacial score (nSPS) is 12.9. The maximum absolute atomic E-state index is 11.8. The van der Waals surface area contributed by atoms with Crippen molar-refractivity contribution in [2.24, 2.45) is 5.73 Å². The fourth-order valence-corrected chi connectivity index (χ4v) is 1.21. The molecule has 1 atom stereocenters. The molecule has 5 heteroatoms. The summed E-state index contributed by atoms with van der Waals surface area (Å²) in [5.41, 5.74) is 5.49. The zero-order valence-electron chi connectivity index (χ0n) is 9.40. The molecule has 5 nitrogen and oxygen atoms in total. The van der Waals surface area contributed by atoms with Crippen LogP contribution in [-0.2, 0) is 0 Å². The van der Waals surface area contributed by atoms with Crippen LogP contribution in [0.25, 0.3) is 0 Å². The second-order valence-corrected chi connectivity index (χ2v) is 3.94. The van der Waals surface area contributed by atoms with Crippen molar-refractivity contribution in [2.75, 3.05) is 11.9 Å². The first kappa shape index (κ1) is 11.7. The first-order valence-corrected chi connectivity index (χ1v) is 5.09. The molecule has 0 fully saturated rings. The van der Waals surface area contributed by atoms with Gasteiger partial charge in [-0.1, -0.05) is 0 Å². The maximum atomic E-state index is 11.8. The topological polar surface area (TPSA) is 72.9 Å². The molecule has 0 aliphatic rings. The first-order chi connectivity index (χ1) is 7.02. The number of hydrogen-bond acceptors (Lipinski definition) is 4. The summed E-state index contributed by atoms with van der Waals surface area (Å²) in [6.07, 6.45) is 3.30. The molecule has 0 saturated heterocycles. The molecule has 0 aliphatic carbocycles. The second-order valence-electron chi connectivity index (χ2n) is 3.94. The van der Waals surface area contributed by atoms with E-state index >= 15 is 0 Å². The van der Waals surface area contributed by atoms with Gasteiger partial charge in [-0.3, -0.25) is 4.79 Å². The number of hydrogen-bond donors (Lipinski definition) is 2. The minimum atomic E-state index is -0.104. The Balaban J connectivity index is 2.90. The molecule has 0 aliphatic heterocycles. The Hall–Kier alpha value is -1.36. The fourth-order valence-electron chi connectivity index (χ4n) is 1.21. The second kappa shape index (κ2) is 4.93. The minimum absolute atomic E-state index is 0.00101. The molecule has 1 aromatic rings. The molecule has 84 valence electrons. The Morgan fingerprint density at radius 3 is 2.73 bits per heavy atom. The quantitative estimate of drug-likeness (QED) is 0.762. The van der Waals surface area contributed by atoms with Gasteiger partial charge in [-0.05, 0) is 20.8 Å². The molecule has 0 aromatic carbocycles.